The van der Waals surface area contributed by atoms with Crippen LogP contribution in [0.3, 0.4) is 0 Å². The number of hydrogen-bond acceptors (Lipinski definition) is 5. The summed E-state index contributed by atoms with van der Waals surface area (Å²) in [6.07, 6.45) is 9.38. The zero-order valence-electron chi connectivity index (χ0n) is 19.1. The second-order valence-electron chi connectivity index (χ2n) is 10.0. The van der Waals surface area contributed by atoms with Gasteiger partial charge in [-0.1, -0.05) is 19.3 Å². The number of aromatic amines is 1. The summed E-state index contributed by atoms with van der Waals surface area (Å²) >= 11 is 0. The number of nitrogens with one attached hydrogen (secondary N) is 1. The van der Waals surface area contributed by atoms with Crippen LogP contribution in [0.1, 0.15) is 81.3 Å². The average molecular weight is 442 g/mol. The lowest BCUT2D eigenvalue weighted by Gasteiger charge is -2.37. The molecule has 1 aliphatic carbocycles. The predicted molar refractivity (Wildman–Crippen MR) is 120 cm³/mol. The van der Waals surface area contributed by atoms with Crippen LogP contribution in [0, 0.1) is 0 Å². The Hall–Kier alpha value is -2.22. The van der Waals surface area contributed by atoms with E-state index in [-0.39, 0.29) is 23.3 Å². The largest absolute Gasteiger partial charge is 0.340 e. The highest BCUT2D eigenvalue weighted by atomic mass is 16.2. The molecule has 1 aromatic heterocycles. The maximum Gasteiger partial charge on any atom is 0.254 e. The lowest BCUT2D eigenvalue weighted by Crippen LogP contribution is -2.46. The van der Waals surface area contributed by atoms with E-state index in [1.165, 1.54) is 32.1 Å². The van der Waals surface area contributed by atoms with Gasteiger partial charge in [-0.15, -0.1) is 0 Å². The van der Waals surface area contributed by atoms with Crippen molar-refractivity contribution in [1.29, 1.82) is 0 Å². The third-order valence-corrected chi connectivity index (χ3v) is 8.03. The average Bonchev–Trinajstić information content (AvgIpc) is 3.48. The van der Waals surface area contributed by atoms with Crippen molar-refractivity contribution in [2.45, 2.75) is 89.3 Å². The molecule has 1 N–H and O–H groups in total. The van der Waals surface area contributed by atoms with Gasteiger partial charge < -0.3 is 14.8 Å². The molecule has 2 atom stereocenters. The van der Waals surface area contributed by atoms with Crippen molar-refractivity contribution in [1.82, 2.24) is 24.7 Å². The van der Waals surface area contributed by atoms with Gasteiger partial charge in [0.05, 0.1) is 5.69 Å². The first kappa shape index (κ1) is 21.6. The van der Waals surface area contributed by atoms with Gasteiger partial charge in [-0.2, -0.15) is 0 Å². The fourth-order valence-electron chi connectivity index (χ4n) is 6.09. The van der Waals surface area contributed by atoms with Crippen LogP contribution in [0.25, 0.3) is 0 Å². The maximum atomic E-state index is 13.0. The molecule has 3 aliphatic heterocycles. The van der Waals surface area contributed by atoms with E-state index < -0.39 is 6.04 Å². The van der Waals surface area contributed by atoms with Crippen molar-refractivity contribution < 1.29 is 9.59 Å². The molecular formula is C24H35N5O3. The maximum absolute atomic E-state index is 13.0. The van der Waals surface area contributed by atoms with Gasteiger partial charge in [-0.25, -0.2) is 4.98 Å². The highest BCUT2D eigenvalue weighted by molar-refractivity contribution is 5.88. The molecule has 0 spiro atoms. The lowest BCUT2D eigenvalue weighted by atomic mass is 9.92. The van der Waals surface area contributed by atoms with Crippen molar-refractivity contribution in [3.8, 4) is 0 Å². The number of fused-ring (bicyclic) bond motifs is 1. The van der Waals surface area contributed by atoms with E-state index >= 15 is 0 Å². The molecule has 2 saturated heterocycles. The van der Waals surface area contributed by atoms with E-state index in [0.717, 1.165) is 49.4 Å². The fourth-order valence-corrected chi connectivity index (χ4v) is 6.09. The monoisotopic (exact) mass is 441 g/mol. The van der Waals surface area contributed by atoms with Gasteiger partial charge in [0.1, 0.15) is 11.9 Å². The van der Waals surface area contributed by atoms with Crippen molar-refractivity contribution in [3.63, 3.8) is 0 Å². The molecule has 1 aromatic rings. The summed E-state index contributed by atoms with van der Waals surface area (Å²) in [5.41, 5.74) is 1.77. The van der Waals surface area contributed by atoms with E-state index in [0.29, 0.717) is 32.1 Å². The minimum Gasteiger partial charge on any atom is -0.340 e. The van der Waals surface area contributed by atoms with Crippen molar-refractivity contribution in [3.05, 3.63) is 27.4 Å². The Balaban J connectivity index is 1.28. The Morgan fingerprint density at radius 1 is 1.03 bits per heavy atom. The highest BCUT2D eigenvalue weighted by Crippen LogP contribution is 2.29. The molecule has 3 fully saturated rings. The molecule has 0 radical (unpaired) electrons. The molecule has 5 rings (SSSR count). The van der Waals surface area contributed by atoms with Gasteiger partial charge in [0.15, 0.2) is 0 Å². The SMILES string of the molecule is C[C@@H](C(=O)N1CC[C@H](c2nc3c(c(=O)[nH]2)CCN(C2CCCCC2)C3)C1)N1CCCC1=O. The summed E-state index contributed by atoms with van der Waals surface area (Å²) < 4.78 is 0. The fraction of sp³-hybridized carbons (Fsp3) is 0.750. The molecule has 8 nitrogen and oxygen atoms in total. The standard InChI is InChI=1S/C24H35N5O3/c1-16(29-11-5-8-21(29)30)24(32)28-12-9-17(14-28)22-25-20-15-27(18-6-3-2-4-7-18)13-10-19(20)23(31)26-22/h16-18H,2-15H2,1H3,(H,25,26,31)/t16-,17-/m0/s1. The Morgan fingerprint density at radius 3 is 2.59 bits per heavy atom. The summed E-state index contributed by atoms with van der Waals surface area (Å²) in [7, 11) is 0. The summed E-state index contributed by atoms with van der Waals surface area (Å²) in [5, 5.41) is 0. The number of carbonyl (C=O) groups excluding carboxylic acids is 2. The van der Waals surface area contributed by atoms with E-state index in [9.17, 15) is 14.4 Å². The minimum absolute atomic E-state index is 0.00546. The molecule has 1 saturated carbocycles. The molecule has 8 heteroatoms. The van der Waals surface area contributed by atoms with E-state index in [4.69, 9.17) is 4.98 Å². The number of amides is 2. The normalized spacial score (nSPS) is 25.9. The van der Waals surface area contributed by atoms with Gasteiger partial charge in [0.25, 0.3) is 5.56 Å². The summed E-state index contributed by atoms with van der Waals surface area (Å²) in [6.45, 7) is 5.41. The number of aromatic nitrogens is 2. The van der Waals surface area contributed by atoms with E-state index in [1.807, 2.05) is 11.8 Å². The first-order valence-corrected chi connectivity index (χ1v) is 12.5. The quantitative estimate of drug-likeness (QED) is 0.769. The van der Waals surface area contributed by atoms with Crippen molar-refractivity contribution >= 4 is 11.8 Å². The Morgan fingerprint density at radius 2 is 1.84 bits per heavy atom. The lowest BCUT2D eigenvalue weighted by molar-refractivity contribution is -0.142. The first-order valence-electron chi connectivity index (χ1n) is 12.5. The van der Waals surface area contributed by atoms with Crippen LogP contribution >= 0.6 is 0 Å². The Kier molecular flexibility index (Phi) is 6.05. The molecule has 0 aromatic carbocycles. The smallest absolute Gasteiger partial charge is 0.254 e. The number of carbonyl (C=O) groups is 2. The summed E-state index contributed by atoms with van der Waals surface area (Å²) in [5.74, 6) is 0.847. The van der Waals surface area contributed by atoms with Crippen molar-refractivity contribution in [2.24, 2.45) is 0 Å². The van der Waals surface area contributed by atoms with Crippen LogP contribution < -0.4 is 5.56 Å². The second-order valence-corrected chi connectivity index (χ2v) is 10.0. The summed E-state index contributed by atoms with van der Waals surface area (Å²) in [4.78, 5) is 51.9. The van der Waals surface area contributed by atoms with Gasteiger partial charge in [-0.05, 0) is 39.0 Å². The molecule has 4 heterocycles. The van der Waals surface area contributed by atoms with Crippen LogP contribution in [0.4, 0.5) is 0 Å². The molecule has 32 heavy (non-hydrogen) atoms. The van der Waals surface area contributed by atoms with E-state index in [2.05, 4.69) is 9.88 Å². The van der Waals surface area contributed by atoms with Crippen LogP contribution in [-0.2, 0) is 22.6 Å². The zero-order chi connectivity index (χ0) is 22.2. The van der Waals surface area contributed by atoms with Crippen LogP contribution in [0.15, 0.2) is 4.79 Å². The number of nitrogens with zero attached hydrogens (tertiary/aromatic N) is 4. The van der Waals surface area contributed by atoms with Gasteiger partial charge in [0.2, 0.25) is 11.8 Å². The molecule has 174 valence electrons. The van der Waals surface area contributed by atoms with Crippen LogP contribution in [0.5, 0.6) is 0 Å². The molecular weight excluding hydrogens is 406 g/mol. The minimum atomic E-state index is -0.414. The third kappa shape index (κ3) is 4.09. The predicted octanol–water partition coefficient (Wildman–Crippen LogP) is 1.79. The second kappa shape index (κ2) is 8.96. The van der Waals surface area contributed by atoms with Crippen LogP contribution in [-0.4, -0.2) is 74.7 Å². The molecule has 0 unspecified atom stereocenters. The molecule has 2 amide bonds. The number of H-pyrrole nitrogens is 1. The number of likely N-dealkylation sites (tertiary alicyclic amines) is 2. The Labute approximate surface area is 189 Å². The van der Waals surface area contributed by atoms with Gasteiger partial charge >= 0.3 is 0 Å². The highest BCUT2D eigenvalue weighted by Gasteiger charge is 2.36. The topological polar surface area (TPSA) is 89.6 Å². The molecule has 4 aliphatic rings. The van der Waals surface area contributed by atoms with Gasteiger partial charge in [0, 0.05) is 56.7 Å². The zero-order valence-corrected chi connectivity index (χ0v) is 19.1. The van der Waals surface area contributed by atoms with Crippen LogP contribution in [0.2, 0.25) is 0 Å². The molecule has 0 bridgehead atoms. The van der Waals surface area contributed by atoms with Gasteiger partial charge in [-0.3, -0.25) is 19.3 Å². The van der Waals surface area contributed by atoms with Crippen molar-refractivity contribution in [2.75, 3.05) is 26.2 Å². The first-order chi connectivity index (χ1) is 15.5. The van der Waals surface area contributed by atoms with E-state index in [1.54, 1.807) is 4.90 Å². The summed E-state index contributed by atoms with van der Waals surface area (Å²) in [6, 6.07) is 0.208. The number of rotatable bonds is 4. The Bertz CT molecular complexity index is 938. The number of hydrogen-bond donors (Lipinski definition) is 1. The third-order valence-electron chi connectivity index (χ3n) is 8.03.